The Labute approximate surface area is 259 Å². The summed E-state index contributed by atoms with van der Waals surface area (Å²) < 4.78 is 122. The number of amides is 2. The Morgan fingerprint density at radius 2 is 1.77 bits per heavy atom. The summed E-state index contributed by atoms with van der Waals surface area (Å²) in [6.07, 6.45) is -9.84. The number of rotatable bonds is 8. The summed E-state index contributed by atoms with van der Waals surface area (Å²) in [5, 5.41) is 12.8. The Morgan fingerprint density at radius 1 is 1.09 bits per heavy atom. The van der Waals surface area contributed by atoms with Gasteiger partial charge in [-0.3, -0.25) is 14.6 Å². The van der Waals surface area contributed by atoms with Crippen LogP contribution in [0, 0.1) is 5.82 Å². The topological polar surface area (TPSA) is 137 Å². The number of benzene rings is 2. The molecule has 2 atom stereocenters. The van der Waals surface area contributed by atoms with Gasteiger partial charge in [0, 0.05) is 28.3 Å². The summed E-state index contributed by atoms with van der Waals surface area (Å²) in [5.41, 5.74) is -4.70. The molecule has 0 aliphatic carbocycles. The zero-order chi connectivity index (χ0) is 34.5. The van der Waals surface area contributed by atoms with Gasteiger partial charge in [0.15, 0.2) is 0 Å². The van der Waals surface area contributed by atoms with E-state index < -0.39 is 88.9 Å². The van der Waals surface area contributed by atoms with Crippen LogP contribution in [0.3, 0.4) is 0 Å². The van der Waals surface area contributed by atoms with Gasteiger partial charge in [-0.05, 0) is 48.5 Å². The zero-order valence-corrected chi connectivity index (χ0v) is 23.9. The molecule has 0 saturated heterocycles. The van der Waals surface area contributed by atoms with Crippen LogP contribution in [0.2, 0.25) is 0 Å². The molecule has 1 unspecified atom stereocenters. The molecule has 248 valence electrons. The molecule has 0 fully saturated rings. The summed E-state index contributed by atoms with van der Waals surface area (Å²) >= 11 is 0. The summed E-state index contributed by atoms with van der Waals surface area (Å²) in [6.45, 7) is -3.84. The number of nitrogens with two attached hydrogens (primary N) is 1. The SMILES string of the molecule is COc1cc(C(=O)NCC(O)(c2cc3c(c(-c4ccc(F)cc4)n2)OC[C@]3(CF)C(N)=O)C(F)(F)F)cc2cc(C(F)(F)F)cnc12. The van der Waals surface area contributed by atoms with Gasteiger partial charge in [0.05, 0.1) is 24.9 Å². The van der Waals surface area contributed by atoms with Crippen molar-refractivity contribution in [2.75, 3.05) is 26.9 Å². The van der Waals surface area contributed by atoms with Gasteiger partial charge in [-0.2, -0.15) is 26.3 Å². The first-order valence-corrected chi connectivity index (χ1v) is 13.4. The van der Waals surface area contributed by atoms with E-state index in [9.17, 15) is 49.8 Å². The lowest BCUT2D eigenvalue weighted by molar-refractivity contribution is -0.265. The Kier molecular flexibility index (Phi) is 8.24. The fourth-order valence-corrected chi connectivity index (χ4v) is 5.01. The number of hydrogen-bond donors (Lipinski definition) is 3. The van der Waals surface area contributed by atoms with E-state index in [1.165, 1.54) is 0 Å². The highest BCUT2D eigenvalue weighted by atomic mass is 19.4. The average molecular weight is 671 g/mol. The predicted octanol–water partition coefficient (Wildman–Crippen LogP) is 4.73. The molecule has 0 bridgehead atoms. The maximum Gasteiger partial charge on any atom is 0.424 e. The first kappa shape index (κ1) is 33.3. The minimum absolute atomic E-state index is 0.0349. The zero-order valence-electron chi connectivity index (χ0n) is 23.9. The Balaban J connectivity index is 1.60. The first-order chi connectivity index (χ1) is 21.9. The quantitative estimate of drug-likeness (QED) is 0.231. The number of carbonyl (C=O) groups excluding carboxylic acids is 2. The molecule has 2 aromatic carbocycles. The van der Waals surface area contributed by atoms with Gasteiger partial charge in [-0.15, -0.1) is 0 Å². The lowest BCUT2D eigenvalue weighted by Crippen LogP contribution is -2.52. The number of hydrogen-bond acceptors (Lipinski definition) is 7. The molecular formula is C30H22F8N4O5. The van der Waals surface area contributed by atoms with Gasteiger partial charge in [-0.1, -0.05) is 0 Å². The van der Waals surface area contributed by atoms with Crippen LogP contribution in [0.5, 0.6) is 11.5 Å². The minimum atomic E-state index is -5.58. The van der Waals surface area contributed by atoms with Crippen LogP contribution in [0.15, 0.2) is 54.7 Å². The van der Waals surface area contributed by atoms with E-state index in [-0.39, 0.29) is 28.0 Å². The third kappa shape index (κ3) is 5.75. The van der Waals surface area contributed by atoms with Crippen LogP contribution in [0.4, 0.5) is 35.1 Å². The maximum atomic E-state index is 14.7. The van der Waals surface area contributed by atoms with Gasteiger partial charge < -0.3 is 25.6 Å². The Morgan fingerprint density at radius 3 is 2.34 bits per heavy atom. The van der Waals surface area contributed by atoms with Gasteiger partial charge >= 0.3 is 12.4 Å². The van der Waals surface area contributed by atoms with E-state index in [0.29, 0.717) is 18.3 Å². The minimum Gasteiger partial charge on any atom is -0.494 e. The molecule has 3 heterocycles. The van der Waals surface area contributed by atoms with Crippen molar-refractivity contribution in [3.8, 4) is 22.8 Å². The molecular weight excluding hydrogens is 648 g/mol. The van der Waals surface area contributed by atoms with Gasteiger partial charge in [-0.25, -0.2) is 13.8 Å². The van der Waals surface area contributed by atoms with Crippen LogP contribution in [-0.4, -0.2) is 60.0 Å². The number of nitrogens with zero attached hydrogens (tertiary/aromatic N) is 2. The fraction of sp³-hybridized carbons (Fsp3) is 0.267. The van der Waals surface area contributed by atoms with E-state index in [2.05, 4.69) is 9.97 Å². The monoisotopic (exact) mass is 670 g/mol. The number of aromatic nitrogens is 2. The molecule has 0 spiro atoms. The highest BCUT2D eigenvalue weighted by molar-refractivity contribution is 6.00. The molecule has 47 heavy (non-hydrogen) atoms. The van der Waals surface area contributed by atoms with Crippen LogP contribution >= 0.6 is 0 Å². The van der Waals surface area contributed by atoms with Crippen LogP contribution in [0.1, 0.15) is 27.2 Å². The van der Waals surface area contributed by atoms with E-state index in [4.69, 9.17) is 15.2 Å². The third-order valence-corrected chi connectivity index (χ3v) is 7.72. The molecule has 4 N–H and O–H groups in total. The smallest absolute Gasteiger partial charge is 0.424 e. The predicted molar refractivity (Wildman–Crippen MR) is 148 cm³/mol. The van der Waals surface area contributed by atoms with E-state index in [0.717, 1.165) is 43.5 Å². The standard InChI is InChI=1S/C30H22F8N4O5/c1-46-20-8-16(6-15-7-17(29(33,34)35)10-40-22(15)20)25(43)41-12-28(45,30(36,37)38)21-9-19-24(47-13-27(19,11-31)26(39)44)23(42-21)14-2-4-18(32)5-3-14/h2-10,45H,11-13H2,1H3,(H2,39,44)(H,41,43)/t27-,28?/m0/s1. The van der Waals surface area contributed by atoms with Gasteiger partial charge in [0.25, 0.3) is 5.91 Å². The van der Waals surface area contributed by atoms with Crippen molar-refractivity contribution in [1.29, 1.82) is 0 Å². The highest BCUT2D eigenvalue weighted by Crippen LogP contribution is 2.48. The third-order valence-electron chi connectivity index (χ3n) is 7.72. The molecule has 1 aliphatic rings. The van der Waals surface area contributed by atoms with E-state index >= 15 is 0 Å². The van der Waals surface area contributed by atoms with Crippen molar-refractivity contribution < 1.29 is 59.3 Å². The number of primary amides is 1. The summed E-state index contributed by atoms with van der Waals surface area (Å²) in [4.78, 5) is 33.1. The number of alkyl halides is 7. The molecule has 0 saturated carbocycles. The molecule has 1 aliphatic heterocycles. The highest BCUT2D eigenvalue weighted by Gasteiger charge is 2.58. The van der Waals surface area contributed by atoms with Crippen molar-refractivity contribution in [2.24, 2.45) is 5.73 Å². The molecule has 17 heteroatoms. The maximum absolute atomic E-state index is 14.7. The van der Waals surface area contributed by atoms with Crippen LogP contribution < -0.4 is 20.5 Å². The number of methoxy groups -OCH3 is 1. The lowest BCUT2D eigenvalue weighted by Gasteiger charge is -2.31. The number of pyridine rings is 2. The van der Waals surface area contributed by atoms with Crippen molar-refractivity contribution in [3.05, 3.63) is 82.9 Å². The Hall–Kier alpha value is -5.06. The second-order valence-electron chi connectivity index (χ2n) is 10.6. The van der Waals surface area contributed by atoms with Crippen molar-refractivity contribution in [3.63, 3.8) is 0 Å². The Bertz CT molecular complexity index is 1880. The van der Waals surface area contributed by atoms with Gasteiger partial charge in [0.2, 0.25) is 11.5 Å². The molecule has 0 radical (unpaired) electrons. The second kappa shape index (κ2) is 11.6. The van der Waals surface area contributed by atoms with Crippen molar-refractivity contribution >= 4 is 22.7 Å². The number of carbonyl (C=O) groups is 2. The lowest BCUT2D eigenvalue weighted by atomic mass is 9.81. The largest absolute Gasteiger partial charge is 0.494 e. The molecule has 2 amide bonds. The molecule has 5 rings (SSSR count). The molecule has 2 aromatic heterocycles. The number of aliphatic hydroxyl groups is 1. The summed E-state index contributed by atoms with van der Waals surface area (Å²) in [6, 6.07) is 7.33. The summed E-state index contributed by atoms with van der Waals surface area (Å²) in [7, 11) is 1.13. The van der Waals surface area contributed by atoms with E-state index in [1.54, 1.807) is 0 Å². The normalized spacial score (nSPS) is 17.5. The number of ether oxygens (including phenoxy) is 2. The van der Waals surface area contributed by atoms with E-state index in [1.807, 2.05) is 5.32 Å². The van der Waals surface area contributed by atoms with Crippen LogP contribution in [-0.2, 0) is 22.0 Å². The first-order valence-electron chi connectivity index (χ1n) is 13.4. The number of fused-ring (bicyclic) bond motifs is 2. The number of nitrogens with one attached hydrogen (secondary N) is 1. The molecule has 4 aromatic rings. The van der Waals surface area contributed by atoms with Gasteiger partial charge in [0.1, 0.15) is 47.2 Å². The fourth-order valence-electron chi connectivity index (χ4n) is 5.01. The average Bonchev–Trinajstić information content (AvgIpc) is 3.41. The number of halogens is 8. The summed E-state index contributed by atoms with van der Waals surface area (Å²) in [5.74, 6) is -3.80. The second-order valence-corrected chi connectivity index (χ2v) is 10.6. The van der Waals surface area contributed by atoms with Crippen molar-refractivity contribution in [1.82, 2.24) is 15.3 Å². The molecule has 9 nitrogen and oxygen atoms in total. The van der Waals surface area contributed by atoms with Crippen molar-refractivity contribution in [2.45, 2.75) is 23.4 Å². The van der Waals surface area contributed by atoms with Crippen LogP contribution in [0.25, 0.3) is 22.2 Å².